The summed E-state index contributed by atoms with van der Waals surface area (Å²) in [6, 6.07) is 8.44. The van der Waals surface area contributed by atoms with Crippen molar-refractivity contribution in [3.63, 3.8) is 0 Å². The smallest absolute Gasteiger partial charge is 0.230 e. The summed E-state index contributed by atoms with van der Waals surface area (Å²) in [4.78, 5) is 12.9. The van der Waals surface area contributed by atoms with Gasteiger partial charge in [0.05, 0.1) is 5.75 Å². The van der Waals surface area contributed by atoms with Crippen LogP contribution >= 0.6 is 11.8 Å². The summed E-state index contributed by atoms with van der Waals surface area (Å²) in [7, 11) is 0. The third-order valence-corrected chi connectivity index (χ3v) is 4.14. The summed E-state index contributed by atoms with van der Waals surface area (Å²) in [6.07, 6.45) is 1.96. The van der Waals surface area contributed by atoms with Crippen LogP contribution in [0.15, 0.2) is 29.2 Å². The Morgan fingerprint density at radius 3 is 2.32 bits per heavy atom. The normalized spacial score (nSPS) is 12.5. The Bertz CT molecular complexity index is 386. The van der Waals surface area contributed by atoms with E-state index in [0.29, 0.717) is 11.8 Å². The predicted molar refractivity (Wildman–Crippen MR) is 82.3 cm³/mol. The Balaban J connectivity index is 2.41. The van der Waals surface area contributed by atoms with Crippen LogP contribution in [0.1, 0.15) is 45.2 Å². The number of nitrogens with two attached hydrogens (primary N) is 1. The molecule has 0 spiro atoms. The molecule has 0 fully saturated rings. The van der Waals surface area contributed by atoms with Crippen molar-refractivity contribution in [3.05, 3.63) is 29.8 Å². The van der Waals surface area contributed by atoms with Gasteiger partial charge in [-0.15, -0.1) is 11.8 Å². The molecule has 0 saturated heterocycles. The van der Waals surface area contributed by atoms with Gasteiger partial charge in [0.2, 0.25) is 5.91 Å². The minimum atomic E-state index is 0.0530. The molecule has 0 heterocycles. The van der Waals surface area contributed by atoms with Crippen LogP contribution in [0.25, 0.3) is 0 Å². The maximum absolute atomic E-state index is 11.8. The maximum Gasteiger partial charge on any atom is 0.230 e. The van der Waals surface area contributed by atoms with E-state index in [1.54, 1.807) is 11.8 Å². The molecule has 0 aliphatic heterocycles. The Labute approximate surface area is 120 Å². The highest BCUT2D eigenvalue weighted by atomic mass is 32.2. The minimum absolute atomic E-state index is 0.0530. The number of nitrogens with one attached hydrogen (secondary N) is 1. The van der Waals surface area contributed by atoms with Crippen molar-refractivity contribution in [2.24, 2.45) is 5.73 Å². The quantitative estimate of drug-likeness (QED) is 0.755. The number of thioether (sulfide) groups is 1. The predicted octanol–water partition coefficient (Wildman–Crippen LogP) is 3.10. The van der Waals surface area contributed by atoms with Crippen molar-refractivity contribution < 1.29 is 4.79 Å². The highest BCUT2D eigenvalue weighted by molar-refractivity contribution is 8.00. The van der Waals surface area contributed by atoms with Gasteiger partial charge in [0.15, 0.2) is 0 Å². The molecule has 0 aromatic heterocycles. The molecule has 4 heteroatoms. The number of hydrogen-bond acceptors (Lipinski definition) is 3. The standard InChI is InChI=1S/C15H24N2OS/c1-4-13(5-2)17-15(18)10-19-14-8-6-12(7-9-14)11(3)16/h6-9,11,13H,4-5,10,16H2,1-3H3,(H,17,18). The van der Waals surface area contributed by atoms with E-state index in [-0.39, 0.29) is 11.9 Å². The van der Waals surface area contributed by atoms with Gasteiger partial charge in [0.1, 0.15) is 0 Å². The Kier molecular flexibility index (Phi) is 6.95. The Hall–Kier alpha value is -1.00. The molecular formula is C15H24N2OS. The summed E-state index contributed by atoms with van der Waals surface area (Å²) in [5.41, 5.74) is 6.92. The van der Waals surface area contributed by atoms with E-state index in [2.05, 4.69) is 19.2 Å². The lowest BCUT2D eigenvalue weighted by atomic mass is 10.1. The summed E-state index contributed by atoms with van der Waals surface area (Å²) in [5, 5.41) is 3.04. The fourth-order valence-electron chi connectivity index (χ4n) is 1.78. The van der Waals surface area contributed by atoms with Gasteiger partial charge in [0.25, 0.3) is 0 Å². The summed E-state index contributed by atoms with van der Waals surface area (Å²) in [6.45, 7) is 6.15. The molecule has 3 nitrogen and oxygen atoms in total. The molecule has 1 rings (SSSR count). The zero-order valence-corrected chi connectivity index (χ0v) is 12.8. The van der Waals surface area contributed by atoms with Crippen molar-refractivity contribution in [2.75, 3.05) is 5.75 Å². The first-order valence-corrected chi connectivity index (χ1v) is 7.83. The van der Waals surface area contributed by atoms with Gasteiger partial charge in [-0.2, -0.15) is 0 Å². The van der Waals surface area contributed by atoms with Gasteiger partial charge in [0, 0.05) is 17.0 Å². The van der Waals surface area contributed by atoms with Crippen molar-refractivity contribution in [2.45, 2.75) is 50.6 Å². The van der Waals surface area contributed by atoms with E-state index in [9.17, 15) is 4.79 Å². The molecule has 19 heavy (non-hydrogen) atoms. The topological polar surface area (TPSA) is 55.1 Å². The second-order valence-corrected chi connectivity index (χ2v) is 5.78. The van der Waals surface area contributed by atoms with Crippen molar-refractivity contribution >= 4 is 17.7 Å². The molecule has 1 atom stereocenters. The van der Waals surface area contributed by atoms with Gasteiger partial charge in [-0.05, 0) is 37.5 Å². The lowest BCUT2D eigenvalue weighted by Crippen LogP contribution is -2.34. The number of carbonyl (C=O) groups excluding carboxylic acids is 1. The lowest BCUT2D eigenvalue weighted by molar-refractivity contribution is -0.119. The highest BCUT2D eigenvalue weighted by Crippen LogP contribution is 2.20. The fraction of sp³-hybridized carbons (Fsp3) is 0.533. The largest absolute Gasteiger partial charge is 0.353 e. The molecule has 0 aliphatic rings. The third kappa shape index (κ3) is 5.66. The van der Waals surface area contributed by atoms with Crippen LogP contribution in [0.4, 0.5) is 0 Å². The zero-order chi connectivity index (χ0) is 14.3. The van der Waals surface area contributed by atoms with Crippen LogP contribution in [0, 0.1) is 0 Å². The van der Waals surface area contributed by atoms with Crippen LogP contribution in [0.2, 0.25) is 0 Å². The molecule has 106 valence electrons. The first kappa shape index (κ1) is 16.1. The number of benzene rings is 1. The minimum Gasteiger partial charge on any atom is -0.353 e. The van der Waals surface area contributed by atoms with E-state index in [1.807, 2.05) is 31.2 Å². The first-order valence-electron chi connectivity index (χ1n) is 6.84. The van der Waals surface area contributed by atoms with Crippen LogP contribution in [0.5, 0.6) is 0 Å². The summed E-state index contributed by atoms with van der Waals surface area (Å²) < 4.78 is 0. The average molecular weight is 280 g/mol. The van der Waals surface area contributed by atoms with Crippen LogP contribution < -0.4 is 11.1 Å². The molecule has 1 aromatic carbocycles. The van der Waals surface area contributed by atoms with Crippen LogP contribution in [0.3, 0.4) is 0 Å². The number of rotatable bonds is 7. The second kappa shape index (κ2) is 8.23. The maximum atomic E-state index is 11.8. The number of hydrogen-bond donors (Lipinski definition) is 2. The van der Waals surface area contributed by atoms with E-state index in [1.165, 1.54) is 0 Å². The van der Waals surface area contributed by atoms with Crippen molar-refractivity contribution in [1.82, 2.24) is 5.32 Å². The van der Waals surface area contributed by atoms with Gasteiger partial charge in [-0.25, -0.2) is 0 Å². The molecule has 1 aromatic rings. The molecule has 1 amide bonds. The third-order valence-electron chi connectivity index (χ3n) is 3.13. The van der Waals surface area contributed by atoms with E-state index in [4.69, 9.17) is 5.73 Å². The van der Waals surface area contributed by atoms with Crippen LogP contribution in [-0.4, -0.2) is 17.7 Å². The molecule has 0 saturated carbocycles. The Morgan fingerprint density at radius 2 is 1.84 bits per heavy atom. The molecule has 3 N–H and O–H groups in total. The van der Waals surface area contributed by atoms with Gasteiger partial charge in [-0.3, -0.25) is 4.79 Å². The van der Waals surface area contributed by atoms with Crippen LogP contribution in [-0.2, 0) is 4.79 Å². The van der Waals surface area contributed by atoms with Crippen molar-refractivity contribution in [3.8, 4) is 0 Å². The first-order chi connectivity index (χ1) is 9.06. The zero-order valence-electron chi connectivity index (χ0n) is 12.0. The summed E-state index contributed by atoms with van der Waals surface area (Å²) >= 11 is 1.56. The molecule has 0 aliphatic carbocycles. The van der Waals surface area contributed by atoms with E-state index in [0.717, 1.165) is 23.3 Å². The molecule has 0 bridgehead atoms. The number of amides is 1. The second-order valence-electron chi connectivity index (χ2n) is 4.73. The highest BCUT2D eigenvalue weighted by Gasteiger charge is 2.08. The summed E-state index contributed by atoms with van der Waals surface area (Å²) in [5.74, 6) is 0.573. The average Bonchev–Trinajstić information content (AvgIpc) is 2.43. The molecular weight excluding hydrogens is 256 g/mol. The van der Waals surface area contributed by atoms with E-state index >= 15 is 0 Å². The van der Waals surface area contributed by atoms with Gasteiger partial charge >= 0.3 is 0 Å². The van der Waals surface area contributed by atoms with Crippen molar-refractivity contribution in [1.29, 1.82) is 0 Å². The Morgan fingerprint density at radius 1 is 1.26 bits per heavy atom. The SMILES string of the molecule is CCC(CC)NC(=O)CSc1ccc(C(C)N)cc1. The lowest BCUT2D eigenvalue weighted by Gasteiger charge is -2.14. The van der Waals surface area contributed by atoms with Gasteiger partial charge in [-0.1, -0.05) is 26.0 Å². The molecule has 0 radical (unpaired) electrons. The molecule has 1 unspecified atom stereocenters. The fourth-order valence-corrected chi connectivity index (χ4v) is 2.49. The monoisotopic (exact) mass is 280 g/mol. The number of carbonyl (C=O) groups is 1. The van der Waals surface area contributed by atoms with Gasteiger partial charge < -0.3 is 11.1 Å². The van der Waals surface area contributed by atoms with E-state index < -0.39 is 0 Å².